The molecule has 0 atom stereocenters. The molecule has 116 valence electrons. The van der Waals surface area contributed by atoms with E-state index < -0.39 is 11.5 Å². The van der Waals surface area contributed by atoms with Crippen molar-refractivity contribution in [2.75, 3.05) is 13.2 Å². The molecule has 0 bridgehead atoms. The number of rotatable bonds is 5. The van der Waals surface area contributed by atoms with E-state index in [0.717, 1.165) is 11.1 Å². The smallest absolute Gasteiger partial charge is 0.323 e. The van der Waals surface area contributed by atoms with E-state index in [1.165, 1.54) is 4.90 Å². The zero-order valence-electron chi connectivity index (χ0n) is 13.3. The molecular weight excluding hydrogens is 270 g/mol. The van der Waals surface area contributed by atoms with Crippen LogP contribution in [-0.2, 0) is 9.59 Å². The second kappa shape index (κ2) is 6.61. The van der Waals surface area contributed by atoms with E-state index in [1.54, 1.807) is 20.8 Å². The summed E-state index contributed by atoms with van der Waals surface area (Å²) < 4.78 is 5.50. The van der Waals surface area contributed by atoms with Gasteiger partial charge in [0.25, 0.3) is 5.91 Å². The summed E-state index contributed by atoms with van der Waals surface area (Å²) in [6.07, 6.45) is 0. The predicted octanol–water partition coefficient (Wildman–Crippen LogP) is 2.39. The van der Waals surface area contributed by atoms with Gasteiger partial charge in [0.2, 0.25) is 0 Å². The van der Waals surface area contributed by atoms with Crippen molar-refractivity contribution in [3.05, 3.63) is 29.3 Å². The lowest BCUT2D eigenvalue weighted by Crippen LogP contribution is -2.50. The molecule has 1 aromatic rings. The maximum Gasteiger partial charge on any atom is 0.323 e. The average molecular weight is 293 g/mol. The highest BCUT2D eigenvalue weighted by Gasteiger charge is 2.28. The van der Waals surface area contributed by atoms with Gasteiger partial charge in [-0.2, -0.15) is 0 Å². The van der Waals surface area contributed by atoms with Crippen LogP contribution in [0.4, 0.5) is 0 Å². The highest BCUT2D eigenvalue weighted by atomic mass is 16.5. The van der Waals surface area contributed by atoms with Crippen LogP contribution in [0.2, 0.25) is 0 Å². The van der Waals surface area contributed by atoms with Gasteiger partial charge in [-0.15, -0.1) is 0 Å². The van der Waals surface area contributed by atoms with E-state index in [0.29, 0.717) is 5.75 Å². The number of carbonyl (C=O) groups is 2. The normalized spacial score (nSPS) is 11.1. The van der Waals surface area contributed by atoms with Gasteiger partial charge in [0.1, 0.15) is 12.3 Å². The fraction of sp³-hybridized carbons (Fsp3) is 0.500. The molecule has 0 unspecified atom stereocenters. The zero-order valence-corrected chi connectivity index (χ0v) is 13.3. The highest BCUT2D eigenvalue weighted by Crippen LogP contribution is 2.17. The van der Waals surface area contributed by atoms with Crippen LogP contribution in [0.25, 0.3) is 0 Å². The van der Waals surface area contributed by atoms with Gasteiger partial charge in [0.05, 0.1) is 0 Å². The quantitative estimate of drug-likeness (QED) is 0.905. The van der Waals surface area contributed by atoms with E-state index in [-0.39, 0.29) is 19.1 Å². The summed E-state index contributed by atoms with van der Waals surface area (Å²) in [5.74, 6) is -0.765. The predicted molar refractivity (Wildman–Crippen MR) is 80.5 cm³/mol. The molecule has 1 amide bonds. The zero-order chi connectivity index (χ0) is 16.2. The maximum absolute atomic E-state index is 12.2. The molecule has 0 saturated carbocycles. The second-order valence-electron chi connectivity index (χ2n) is 6.16. The number of carboxylic acids is 1. The first-order chi connectivity index (χ1) is 9.59. The molecular formula is C16H23NO4. The van der Waals surface area contributed by atoms with Crippen LogP contribution in [0.3, 0.4) is 0 Å². The summed E-state index contributed by atoms with van der Waals surface area (Å²) in [4.78, 5) is 24.4. The van der Waals surface area contributed by atoms with E-state index in [9.17, 15) is 9.59 Å². The Bertz CT molecular complexity index is 511. The van der Waals surface area contributed by atoms with Crippen molar-refractivity contribution >= 4 is 11.9 Å². The highest BCUT2D eigenvalue weighted by molar-refractivity contribution is 5.83. The van der Waals surface area contributed by atoms with Crippen LogP contribution >= 0.6 is 0 Å². The standard InChI is InChI=1S/C16H23NO4/c1-11-6-12(2)8-13(7-11)21-10-14(18)17(9-15(19)20)16(3,4)5/h6-8H,9-10H2,1-5H3,(H,19,20). The number of nitrogens with zero attached hydrogens (tertiary/aromatic N) is 1. The number of amides is 1. The lowest BCUT2D eigenvalue weighted by Gasteiger charge is -2.34. The Kier molecular flexibility index (Phi) is 5.35. The first kappa shape index (κ1) is 17.0. The number of carboxylic acid groups (broad SMARTS) is 1. The minimum Gasteiger partial charge on any atom is -0.484 e. The summed E-state index contributed by atoms with van der Waals surface area (Å²) in [5, 5.41) is 8.92. The number of benzene rings is 1. The van der Waals surface area contributed by atoms with Crippen LogP contribution in [0.1, 0.15) is 31.9 Å². The molecule has 0 aliphatic heterocycles. The van der Waals surface area contributed by atoms with Crippen molar-refractivity contribution in [2.45, 2.75) is 40.2 Å². The number of aliphatic carboxylic acids is 1. The fourth-order valence-corrected chi connectivity index (χ4v) is 2.07. The molecule has 0 radical (unpaired) electrons. The summed E-state index contributed by atoms with van der Waals surface area (Å²) >= 11 is 0. The van der Waals surface area contributed by atoms with Crippen LogP contribution in [-0.4, -0.2) is 40.6 Å². The Morgan fingerprint density at radius 1 is 1.14 bits per heavy atom. The minimum absolute atomic E-state index is 0.173. The third-order valence-corrected chi connectivity index (χ3v) is 2.96. The molecule has 0 heterocycles. The molecule has 0 aliphatic rings. The first-order valence-electron chi connectivity index (χ1n) is 6.83. The molecule has 1 N–H and O–H groups in total. The van der Waals surface area contributed by atoms with Crippen LogP contribution < -0.4 is 4.74 Å². The van der Waals surface area contributed by atoms with Crippen molar-refractivity contribution in [3.8, 4) is 5.75 Å². The summed E-state index contributed by atoms with van der Waals surface area (Å²) in [6, 6.07) is 5.71. The second-order valence-corrected chi connectivity index (χ2v) is 6.16. The van der Waals surface area contributed by atoms with Crippen LogP contribution in [0, 0.1) is 13.8 Å². The summed E-state index contributed by atoms with van der Waals surface area (Å²) in [5.41, 5.74) is 1.53. The maximum atomic E-state index is 12.2. The average Bonchev–Trinajstić information content (AvgIpc) is 2.30. The minimum atomic E-state index is -1.04. The van der Waals surface area contributed by atoms with Gasteiger partial charge in [-0.3, -0.25) is 9.59 Å². The van der Waals surface area contributed by atoms with Crippen molar-refractivity contribution in [1.29, 1.82) is 0 Å². The Morgan fingerprint density at radius 2 is 1.67 bits per heavy atom. The Morgan fingerprint density at radius 3 is 2.10 bits per heavy atom. The van der Waals surface area contributed by atoms with Gasteiger partial charge >= 0.3 is 5.97 Å². The van der Waals surface area contributed by atoms with Crippen LogP contribution in [0.5, 0.6) is 5.75 Å². The van der Waals surface area contributed by atoms with E-state index in [4.69, 9.17) is 9.84 Å². The monoisotopic (exact) mass is 293 g/mol. The van der Waals surface area contributed by atoms with Gasteiger partial charge in [0, 0.05) is 5.54 Å². The number of ether oxygens (including phenoxy) is 1. The first-order valence-corrected chi connectivity index (χ1v) is 6.83. The molecule has 0 saturated heterocycles. The Labute approximate surface area is 125 Å². The number of hydrogen-bond donors (Lipinski definition) is 1. The molecule has 21 heavy (non-hydrogen) atoms. The summed E-state index contributed by atoms with van der Waals surface area (Å²) in [7, 11) is 0. The van der Waals surface area contributed by atoms with Gasteiger partial charge in [-0.05, 0) is 57.9 Å². The van der Waals surface area contributed by atoms with Crippen molar-refractivity contribution in [2.24, 2.45) is 0 Å². The number of aryl methyl sites for hydroxylation is 2. The molecule has 5 heteroatoms. The van der Waals surface area contributed by atoms with Crippen molar-refractivity contribution in [1.82, 2.24) is 4.90 Å². The third-order valence-electron chi connectivity index (χ3n) is 2.96. The molecule has 1 rings (SSSR count). The van der Waals surface area contributed by atoms with Crippen LogP contribution in [0.15, 0.2) is 18.2 Å². The SMILES string of the molecule is Cc1cc(C)cc(OCC(=O)N(CC(=O)O)C(C)(C)C)c1. The molecule has 0 aromatic heterocycles. The third kappa shape index (κ3) is 5.45. The lowest BCUT2D eigenvalue weighted by molar-refractivity contribution is -0.149. The molecule has 1 aromatic carbocycles. The largest absolute Gasteiger partial charge is 0.484 e. The summed E-state index contributed by atoms with van der Waals surface area (Å²) in [6.45, 7) is 8.78. The van der Waals surface area contributed by atoms with E-state index in [2.05, 4.69) is 0 Å². The lowest BCUT2D eigenvalue weighted by atomic mass is 10.1. The molecule has 0 aliphatic carbocycles. The number of carbonyl (C=O) groups excluding carboxylic acids is 1. The topological polar surface area (TPSA) is 66.8 Å². The van der Waals surface area contributed by atoms with Gasteiger partial charge in [-0.25, -0.2) is 0 Å². The van der Waals surface area contributed by atoms with Gasteiger partial charge in [0.15, 0.2) is 6.61 Å². The van der Waals surface area contributed by atoms with Crippen molar-refractivity contribution < 1.29 is 19.4 Å². The Balaban J connectivity index is 2.75. The molecule has 5 nitrogen and oxygen atoms in total. The molecule has 0 spiro atoms. The Hall–Kier alpha value is -2.04. The van der Waals surface area contributed by atoms with Gasteiger partial charge in [-0.1, -0.05) is 6.07 Å². The van der Waals surface area contributed by atoms with Crippen molar-refractivity contribution in [3.63, 3.8) is 0 Å². The fourth-order valence-electron chi connectivity index (χ4n) is 2.07. The number of hydrogen-bond acceptors (Lipinski definition) is 3. The molecule has 0 fully saturated rings. The van der Waals surface area contributed by atoms with E-state index in [1.807, 2.05) is 32.0 Å². The van der Waals surface area contributed by atoms with E-state index >= 15 is 0 Å². The van der Waals surface area contributed by atoms with Gasteiger partial charge < -0.3 is 14.7 Å².